The molecule has 0 heterocycles. The zero-order valence-electron chi connectivity index (χ0n) is 8.64. The van der Waals surface area contributed by atoms with E-state index in [9.17, 15) is 28.1 Å². The third-order valence-corrected chi connectivity index (χ3v) is 2.10. The number of alkyl halides is 3. The lowest BCUT2D eigenvalue weighted by atomic mass is 10.0. The van der Waals surface area contributed by atoms with Crippen molar-refractivity contribution < 1.29 is 28.0 Å². The fourth-order valence-electron chi connectivity index (χ4n) is 1.23. The Morgan fingerprint density at radius 1 is 1.39 bits per heavy atom. The van der Waals surface area contributed by atoms with Gasteiger partial charge in [-0.05, 0) is 11.6 Å². The molecule has 0 saturated carbocycles. The molecule has 1 rings (SSSR count). The maximum Gasteiger partial charge on any atom is 0.416 e. The quantitative estimate of drug-likeness (QED) is 0.638. The minimum Gasteiger partial charge on any atom is -0.480 e. The second-order valence-corrected chi connectivity index (χ2v) is 3.38. The lowest BCUT2D eigenvalue weighted by Gasteiger charge is -2.11. The molecule has 0 aliphatic carbocycles. The van der Waals surface area contributed by atoms with Crippen molar-refractivity contribution in [1.29, 1.82) is 0 Å². The number of rotatable bonds is 3. The third-order valence-electron chi connectivity index (χ3n) is 2.10. The summed E-state index contributed by atoms with van der Waals surface area (Å²) in [6.45, 7) is 0. The molecule has 0 fully saturated rings. The molecule has 0 aromatic heterocycles. The lowest BCUT2D eigenvalue weighted by molar-refractivity contribution is -0.385. The Morgan fingerprint density at radius 2 is 1.94 bits per heavy atom. The van der Waals surface area contributed by atoms with Gasteiger partial charge in [0.15, 0.2) is 0 Å². The van der Waals surface area contributed by atoms with Crippen LogP contribution in [-0.4, -0.2) is 16.0 Å². The van der Waals surface area contributed by atoms with Gasteiger partial charge in [0, 0.05) is 12.1 Å². The molecule has 0 aliphatic heterocycles. The second kappa shape index (κ2) is 4.61. The predicted octanol–water partition coefficient (Wildman–Crippen LogP) is 1.70. The van der Waals surface area contributed by atoms with Gasteiger partial charge in [-0.25, -0.2) is 0 Å². The first-order valence-electron chi connectivity index (χ1n) is 4.48. The van der Waals surface area contributed by atoms with Gasteiger partial charge in [0.25, 0.3) is 5.69 Å². The highest BCUT2D eigenvalue weighted by Gasteiger charge is 2.33. The van der Waals surface area contributed by atoms with E-state index in [2.05, 4.69) is 0 Å². The number of halogens is 3. The highest BCUT2D eigenvalue weighted by molar-refractivity contribution is 5.75. The SMILES string of the molecule is N[C@H](C(=O)O)c1cc([N+](=O)[O-])cc(C(F)(F)F)c1. The molecule has 0 amide bonds. The molecule has 0 radical (unpaired) electrons. The summed E-state index contributed by atoms with van der Waals surface area (Å²) in [5.41, 5.74) is 2.47. The van der Waals surface area contributed by atoms with Gasteiger partial charge in [0.2, 0.25) is 0 Å². The fraction of sp³-hybridized carbons (Fsp3) is 0.222. The van der Waals surface area contributed by atoms with E-state index in [0.29, 0.717) is 18.2 Å². The van der Waals surface area contributed by atoms with Crippen molar-refractivity contribution in [2.45, 2.75) is 12.2 Å². The highest BCUT2D eigenvalue weighted by Crippen LogP contribution is 2.33. The van der Waals surface area contributed by atoms with Gasteiger partial charge in [-0.2, -0.15) is 13.2 Å². The number of aliphatic carboxylic acids is 1. The Morgan fingerprint density at radius 3 is 2.33 bits per heavy atom. The average Bonchev–Trinajstić information content (AvgIpc) is 2.26. The van der Waals surface area contributed by atoms with Gasteiger partial charge in [-0.15, -0.1) is 0 Å². The van der Waals surface area contributed by atoms with E-state index in [4.69, 9.17) is 10.8 Å². The van der Waals surface area contributed by atoms with E-state index in [0.717, 1.165) is 0 Å². The van der Waals surface area contributed by atoms with Crippen molar-refractivity contribution in [2.75, 3.05) is 0 Å². The van der Waals surface area contributed by atoms with Gasteiger partial charge < -0.3 is 10.8 Å². The van der Waals surface area contributed by atoms with Crippen LogP contribution in [-0.2, 0) is 11.0 Å². The number of nitrogens with two attached hydrogens (primary N) is 1. The van der Waals surface area contributed by atoms with Crippen LogP contribution in [0.15, 0.2) is 18.2 Å². The normalized spacial score (nSPS) is 13.1. The Balaban J connectivity index is 3.40. The smallest absolute Gasteiger partial charge is 0.416 e. The largest absolute Gasteiger partial charge is 0.480 e. The van der Waals surface area contributed by atoms with E-state index in [-0.39, 0.29) is 0 Å². The zero-order valence-corrected chi connectivity index (χ0v) is 8.64. The third kappa shape index (κ3) is 2.94. The Kier molecular flexibility index (Phi) is 3.56. The molecule has 0 unspecified atom stereocenters. The van der Waals surface area contributed by atoms with Gasteiger partial charge >= 0.3 is 12.1 Å². The maximum absolute atomic E-state index is 12.5. The summed E-state index contributed by atoms with van der Waals surface area (Å²) in [7, 11) is 0. The predicted molar refractivity (Wildman–Crippen MR) is 52.7 cm³/mol. The van der Waals surface area contributed by atoms with Crippen LogP contribution in [0.3, 0.4) is 0 Å². The standard InChI is InChI=1S/C9H7F3N2O4/c10-9(11,12)5-1-4(7(13)8(15)16)2-6(3-5)14(17)18/h1-3,7H,13H2,(H,15,16)/t7-/m0/s1. The van der Waals surface area contributed by atoms with Crippen molar-refractivity contribution >= 4 is 11.7 Å². The van der Waals surface area contributed by atoms with Crippen LogP contribution >= 0.6 is 0 Å². The van der Waals surface area contributed by atoms with Gasteiger partial charge in [-0.3, -0.25) is 14.9 Å². The summed E-state index contributed by atoms with van der Waals surface area (Å²) in [6.07, 6.45) is -4.82. The summed E-state index contributed by atoms with van der Waals surface area (Å²) >= 11 is 0. The number of carboxylic acids is 1. The van der Waals surface area contributed by atoms with Crippen molar-refractivity contribution in [3.05, 3.63) is 39.4 Å². The molecule has 98 valence electrons. The summed E-state index contributed by atoms with van der Waals surface area (Å²) < 4.78 is 37.4. The molecule has 9 heteroatoms. The van der Waals surface area contributed by atoms with Crippen LogP contribution in [0.5, 0.6) is 0 Å². The first-order chi connectivity index (χ1) is 8.12. The number of nitro groups is 1. The van der Waals surface area contributed by atoms with Crippen LogP contribution in [0.25, 0.3) is 0 Å². The maximum atomic E-state index is 12.5. The number of hydrogen-bond acceptors (Lipinski definition) is 4. The van der Waals surface area contributed by atoms with E-state index >= 15 is 0 Å². The van der Waals surface area contributed by atoms with Crippen LogP contribution in [0.1, 0.15) is 17.2 Å². The average molecular weight is 264 g/mol. The van der Waals surface area contributed by atoms with Gasteiger partial charge in [-0.1, -0.05) is 0 Å². The molecule has 0 bridgehead atoms. The summed E-state index contributed by atoms with van der Waals surface area (Å²) in [5, 5.41) is 19.1. The highest BCUT2D eigenvalue weighted by atomic mass is 19.4. The van der Waals surface area contributed by atoms with Crippen molar-refractivity contribution in [2.24, 2.45) is 5.73 Å². The summed E-state index contributed by atoms with van der Waals surface area (Å²) in [5.74, 6) is -1.58. The Labute approximate surface area is 98.0 Å². The Bertz CT molecular complexity index is 501. The molecule has 0 spiro atoms. The first-order valence-corrected chi connectivity index (χ1v) is 4.48. The van der Waals surface area contributed by atoms with Crippen molar-refractivity contribution in [1.82, 2.24) is 0 Å². The van der Waals surface area contributed by atoms with E-state index in [1.807, 2.05) is 0 Å². The molecule has 0 saturated heterocycles. The van der Waals surface area contributed by atoms with Crippen LogP contribution in [0.4, 0.5) is 18.9 Å². The van der Waals surface area contributed by atoms with E-state index in [1.54, 1.807) is 0 Å². The van der Waals surface area contributed by atoms with Gasteiger partial charge in [0.1, 0.15) is 6.04 Å². The molecule has 3 N–H and O–H groups in total. The fourth-order valence-corrected chi connectivity index (χ4v) is 1.23. The number of nitro benzene ring substituents is 1. The topological polar surface area (TPSA) is 106 Å². The summed E-state index contributed by atoms with van der Waals surface area (Å²) in [6, 6.07) is -0.260. The molecule has 1 aromatic carbocycles. The molecule has 1 aromatic rings. The molecule has 0 aliphatic rings. The van der Waals surface area contributed by atoms with Crippen LogP contribution in [0, 0.1) is 10.1 Å². The zero-order chi connectivity index (χ0) is 14.1. The number of non-ortho nitro benzene ring substituents is 1. The first kappa shape index (κ1) is 13.9. The van der Waals surface area contributed by atoms with Gasteiger partial charge in [0.05, 0.1) is 10.5 Å². The second-order valence-electron chi connectivity index (χ2n) is 3.38. The van der Waals surface area contributed by atoms with Crippen molar-refractivity contribution in [3.63, 3.8) is 0 Å². The number of benzene rings is 1. The minimum atomic E-state index is -4.82. The summed E-state index contributed by atoms with van der Waals surface area (Å²) in [4.78, 5) is 20.0. The van der Waals surface area contributed by atoms with Crippen molar-refractivity contribution in [3.8, 4) is 0 Å². The van der Waals surface area contributed by atoms with E-state index < -0.39 is 39.9 Å². The van der Waals surface area contributed by atoms with Crippen LogP contribution in [0.2, 0.25) is 0 Å². The molecule has 6 nitrogen and oxygen atoms in total. The number of nitrogens with zero attached hydrogens (tertiary/aromatic N) is 1. The minimum absolute atomic E-state index is 0.318. The molecule has 18 heavy (non-hydrogen) atoms. The van der Waals surface area contributed by atoms with Crippen LogP contribution < -0.4 is 5.73 Å². The molecule has 1 atom stereocenters. The number of carbonyl (C=O) groups is 1. The molecular weight excluding hydrogens is 257 g/mol. The molecular formula is C9H7F3N2O4. The van der Waals surface area contributed by atoms with E-state index in [1.165, 1.54) is 0 Å². The lowest BCUT2D eigenvalue weighted by Crippen LogP contribution is -2.21. The number of hydrogen-bond donors (Lipinski definition) is 2. The Hall–Kier alpha value is -2.16. The monoisotopic (exact) mass is 264 g/mol. The number of carboxylic acid groups (broad SMARTS) is 1.